The van der Waals surface area contributed by atoms with Crippen LogP contribution < -0.4 is 21.7 Å². The summed E-state index contributed by atoms with van der Waals surface area (Å²) in [6, 6.07) is 5.04. The largest absolute Gasteiger partial charge is 0.480 e. The van der Waals surface area contributed by atoms with Crippen molar-refractivity contribution in [3.05, 3.63) is 29.8 Å². The third kappa shape index (κ3) is 7.06. The predicted molar refractivity (Wildman–Crippen MR) is 116 cm³/mol. The number of aliphatic carboxylic acids is 1. The van der Waals surface area contributed by atoms with Crippen LogP contribution in [0.2, 0.25) is 0 Å². The Morgan fingerprint density at radius 2 is 1.74 bits per heavy atom. The van der Waals surface area contributed by atoms with E-state index in [0.717, 1.165) is 12.8 Å². The third-order valence-electron chi connectivity index (χ3n) is 5.70. The summed E-state index contributed by atoms with van der Waals surface area (Å²) >= 11 is 0. The fourth-order valence-corrected chi connectivity index (χ4v) is 3.85. The maximum absolute atomic E-state index is 13.0. The van der Waals surface area contributed by atoms with E-state index in [0.29, 0.717) is 37.1 Å². The van der Waals surface area contributed by atoms with Crippen LogP contribution in [0.25, 0.3) is 0 Å². The quantitative estimate of drug-likeness (QED) is 0.374. The molecule has 31 heavy (non-hydrogen) atoms. The molecule has 0 heterocycles. The SMILES string of the molecule is CC(=O)NCCC1(C(=O)N[C@@H](Cc2ccc(NC(=O)[C@@H](C)N)cc2)C(=O)O)CCCC1. The van der Waals surface area contributed by atoms with Gasteiger partial charge in [0.15, 0.2) is 0 Å². The molecule has 0 unspecified atom stereocenters. The second-order valence-electron chi connectivity index (χ2n) is 8.26. The van der Waals surface area contributed by atoms with E-state index in [1.54, 1.807) is 31.2 Å². The first-order valence-electron chi connectivity index (χ1n) is 10.6. The normalized spacial score (nSPS) is 16.7. The topological polar surface area (TPSA) is 151 Å². The summed E-state index contributed by atoms with van der Waals surface area (Å²) in [5.41, 5.74) is 6.15. The molecule has 1 aromatic carbocycles. The lowest BCUT2D eigenvalue weighted by Gasteiger charge is -2.29. The molecule has 0 spiro atoms. The molecule has 2 rings (SSSR count). The van der Waals surface area contributed by atoms with Gasteiger partial charge in [-0.2, -0.15) is 0 Å². The van der Waals surface area contributed by atoms with Crippen molar-refractivity contribution in [3.8, 4) is 0 Å². The van der Waals surface area contributed by atoms with Crippen LogP contribution in [0, 0.1) is 5.41 Å². The molecule has 1 aliphatic rings. The molecule has 0 bridgehead atoms. The van der Waals surface area contributed by atoms with Gasteiger partial charge in [-0.15, -0.1) is 0 Å². The number of benzene rings is 1. The predicted octanol–water partition coefficient (Wildman–Crippen LogP) is 1.17. The van der Waals surface area contributed by atoms with Gasteiger partial charge in [0.05, 0.1) is 11.5 Å². The fourth-order valence-electron chi connectivity index (χ4n) is 3.85. The van der Waals surface area contributed by atoms with Crippen molar-refractivity contribution in [1.82, 2.24) is 10.6 Å². The van der Waals surface area contributed by atoms with Crippen molar-refractivity contribution in [1.29, 1.82) is 0 Å². The lowest BCUT2D eigenvalue weighted by Crippen LogP contribution is -2.49. The molecule has 0 radical (unpaired) electrons. The zero-order valence-electron chi connectivity index (χ0n) is 18.1. The second kappa shape index (κ2) is 10.9. The van der Waals surface area contributed by atoms with Crippen molar-refractivity contribution < 1.29 is 24.3 Å². The van der Waals surface area contributed by atoms with Gasteiger partial charge < -0.3 is 26.8 Å². The van der Waals surface area contributed by atoms with E-state index in [4.69, 9.17) is 5.73 Å². The molecule has 1 aliphatic carbocycles. The molecule has 170 valence electrons. The Morgan fingerprint density at radius 3 is 2.26 bits per heavy atom. The van der Waals surface area contributed by atoms with Crippen molar-refractivity contribution in [3.63, 3.8) is 0 Å². The monoisotopic (exact) mass is 432 g/mol. The molecular weight excluding hydrogens is 400 g/mol. The van der Waals surface area contributed by atoms with Crippen molar-refractivity contribution in [2.75, 3.05) is 11.9 Å². The zero-order chi connectivity index (χ0) is 23.0. The van der Waals surface area contributed by atoms with E-state index in [1.807, 2.05) is 0 Å². The van der Waals surface area contributed by atoms with Gasteiger partial charge in [-0.05, 0) is 43.9 Å². The molecule has 2 atom stereocenters. The van der Waals surface area contributed by atoms with Gasteiger partial charge in [0.25, 0.3) is 0 Å². The summed E-state index contributed by atoms with van der Waals surface area (Å²) in [6.07, 6.45) is 3.76. The standard InChI is InChI=1S/C22H32N4O5/c1-14(23)19(28)25-17-7-5-16(6-8-17)13-18(20(29)30)26-21(31)22(9-3-4-10-22)11-12-24-15(2)27/h5-8,14,18H,3-4,9-13,23H2,1-2H3,(H,24,27)(H,25,28)(H,26,31)(H,29,30)/t14-,18+/m1/s1. The van der Waals surface area contributed by atoms with Gasteiger partial charge in [0.2, 0.25) is 17.7 Å². The van der Waals surface area contributed by atoms with Crippen LogP contribution in [-0.4, -0.2) is 47.4 Å². The van der Waals surface area contributed by atoms with Crippen molar-refractivity contribution >= 4 is 29.4 Å². The summed E-state index contributed by atoms with van der Waals surface area (Å²) < 4.78 is 0. The first kappa shape index (κ1) is 24.3. The third-order valence-corrected chi connectivity index (χ3v) is 5.70. The molecule has 1 fully saturated rings. The average molecular weight is 433 g/mol. The number of carbonyl (C=O) groups excluding carboxylic acids is 3. The van der Waals surface area contributed by atoms with Gasteiger partial charge in [0.1, 0.15) is 6.04 Å². The summed E-state index contributed by atoms with van der Waals surface area (Å²) in [5.74, 6) is -1.86. The molecule has 1 saturated carbocycles. The highest BCUT2D eigenvalue weighted by molar-refractivity contribution is 5.94. The molecule has 6 N–H and O–H groups in total. The van der Waals surface area contributed by atoms with E-state index in [1.165, 1.54) is 6.92 Å². The summed E-state index contributed by atoms with van der Waals surface area (Å²) in [6.45, 7) is 3.39. The van der Waals surface area contributed by atoms with Crippen LogP contribution in [0.1, 0.15) is 51.5 Å². The molecule has 9 nitrogen and oxygen atoms in total. The van der Waals surface area contributed by atoms with Crippen molar-refractivity contribution in [2.45, 2.75) is 64.5 Å². The van der Waals surface area contributed by atoms with Gasteiger partial charge in [-0.1, -0.05) is 25.0 Å². The van der Waals surface area contributed by atoms with Gasteiger partial charge >= 0.3 is 5.97 Å². The molecular formula is C22H32N4O5. The van der Waals surface area contributed by atoms with E-state index in [9.17, 15) is 24.3 Å². The van der Waals surface area contributed by atoms with Crippen LogP contribution in [0.5, 0.6) is 0 Å². The maximum Gasteiger partial charge on any atom is 0.326 e. The highest BCUT2D eigenvalue weighted by Gasteiger charge is 2.42. The van der Waals surface area contributed by atoms with E-state index in [2.05, 4.69) is 16.0 Å². The summed E-state index contributed by atoms with van der Waals surface area (Å²) in [4.78, 5) is 47.7. The first-order chi connectivity index (χ1) is 14.6. The van der Waals surface area contributed by atoms with Crippen molar-refractivity contribution in [2.24, 2.45) is 11.1 Å². The Balaban J connectivity index is 2.03. The fraction of sp³-hybridized carbons (Fsp3) is 0.545. The lowest BCUT2D eigenvalue weighted by molar-refractivity contribution is -0.144. The number of hydrogen-bond donors (Lipinski definition) is 5. The number of amides is 3. The van der Waals surface area contributed by atoms with Gasteiger partial charge in [-0.25, -0.2) is 4.79 Å². The van der Waals surface area contributed by atoms with Crippen LogP contribution in [-0.2, 0) is 25.6 Å². The highest BCUT2D eigenvalue weighted by atomic mass is 16.4. The minimum absolute atomic E-state index is 0.115. The minimum atomic E-state index is -1.11. The number of carboxylic acid groups (broad SMARTS) is 1. The van der Waals surface area contributed by atoms with Crippen LogP contribution in [0.15, 0.2) is 24.3 Å². The van der Waals surface area contributed by atoms with Crippen LogP contribution in [0.3, 0.4) is 0 Å². The number of rotatable bonds is 10. The lowest BCUT2D eigenvalue weighted by atomic mass is 9.81. The Bertz CT molecular complexity index is 801. The first-order valence-corrected chi connectivity index (χ1v) is 10.6. The number of anilines is 1. The molecule has 9 heteroatoms. The zero-order valence-corrected chi connectivity index (χ0v) is 18.1. The highest BCUT2D eigenvalue weighted by Crippen LogP contribution is 2.41. The number of carbonyl (C=O) groups is 4. The van der Waals surface area contributed by atoms with E-state index in [-0.39, 0.29) is 24.1 Å². The number of hydrogen-bond acceptors (Lipinski definition) is 5. The Hall–Kier alpha value is -2.94. The average Bonchev–Trinajstić information content (AvgIpc) is 3.18. The van der Waals surface area contributed by atoms with Gasteiger partial charge in [-0.3, -0.25) is 14.4 Å². The summed E-state index contributed by atoms with van der Waals surface area (Å²) in [5, 5.41) is 17.7. The smallest absolute Gasteiger partial charge is 0.326 e. The number of carboxylic acids is 1. The molecule has 1 aromatic rings. The van der Waals surface area contributed by atoms with Crippen LogP contribution >= 0.6 is 0 Å². The van der Waals surface area contributed by atoms with E-state index >= 15 is 0 Å². The number of nitrogens with one attached hydrogen (secondary N) is 3. The Labute approximate surface area is 182 Å². The van der Waals surface area contributed by atoms with Gasteiger partial charge in [0, 0.05) is 25.6 Å². The number of nitrogens with two attached hydrogens (primary N) is 1. The Morgan fingerprint density at radius 1 is 1.13 bits per heavy atom. The minimum Gasteiger partial charge on any atom is -0.480 e. The Kier molecular flexibility index (Phi) is 8.56. The molecule has 0 aliphatic heterocycles. The maximum atomic E-state index is 13.0. The molecule has 0 aromatic heterocycles. The molecule has 0 saturated heterocycles. The van der Waals surface area contributed by atoms with E-state index < -0.39 is 23.5 Å². The van der Waals surface area contributed by atoms with Crippen LogP contribution in [0.4, 0.5) is 5.69 Å². The summed E-state index contributed by atoms with van der Waals surface area (Å²) in [7, 11) is 0. The second-order valence-corrected chi connectivity index (χ2v) is 8.26. The molecule has 3 amide bonds.